The van der Waals surface area contributed by atoms with Crippen LogP contribution in [0.3, 0.4) is 0 Å². The fraction of sp³-hybridized carbons (Fsp3) is 0.214. The van der Waals surface area contributed by atoms with E-state index in [2.05, 4.69) is 27.9 Å². The Hall–Kier alpha value is -2.72. The van der Waals surface area contributed by atoms with Gasteiger partial charge >= 0.3 is 11.9 Å². The molecule has 1 aliphatic rings. The number of nitrogens with zero attached hydrogens (tertiary/aromatic N) is 1. The number of hydrazone groups is 1. The quantitative estimate of drug-likeness (QED) is 0.258. The summed E-state index contributed by atoms with van der Waals surface area (Å²) in [5.74, 6) is -1.13. The third kappa shape index (κ3) is 4.88. The van der Waals surface area contributed by atoms with E-state index in [4.69, 9.17) is 4.74 Å². The van der Waals surface area contributed by atoms with Crippen molar-refractivity contribution < 1.29 is 19.1 Å². The summed E-state index contributed by atoms with van der Waals surface area (Å²) in [4.78, 5) is 22.7. The highest BCUT2D eigenvalue weighted by molar-refractivity contribution is 6.23. The molecule has 0 unspecified atom stereocenters. The summed E-state index contributed by atoms with van der Waals surface area (Å²) in [6.07, 6.45) is 8.39. The van der Waals surface area contributed by atoms with Crippen LogP contribution in [0.4, 0.5) is 0 Å². The second-order valence-corrected chi connectivity index (χ2v) is 3.90. The predicted molar refractivity (Wildman–Crippen MR) is 73.4 cm³/mol. The molecule has 20 heavy (non-hydrogen) atoms. The van der Waals surface area contributed by atoms with E-state index in [-0.39, 0.29) is 12.2 Å². The third-order valence-electron chi connectivity index (χ3n) is 2.09. The summed E-state index contributed by atoms with van der Waals surface area (Å²) in [5.41, 5.74) is 3.96. The normalized spacial score (nSPS) is 13.1. The molecule has 0 fully saturated rings. The molecule has 0 atom stereocenters. The van der Waals surface area contributed by atoms with Gasteiger partial charge in [0.05, 0.1) is 13.2 Å². The van der Waals surface area contributed by atoms with E-state index >= 15 is 0 Å². The average molecular weight is 275 g/mol. The Morgan fingerprint density at radius 2 is 2.30 bits per heavy atom. The molecule has 0 bridgehead atoms. The van der Waals surface area contributed by atoms with Crippen LogP contribution in [0.2, 0.25) is 0 Å². The molecule has 0 aliphatic heterocycles. The van der Waals surface area contributed by atoms with Crippen molar-refractivity contribution in [1.29, 1.82) is 0 Å². The molecule has 1 N–H and O–H groups in total. The van der Waals surface area contributed by atoms with Gasteiger partial charge in [-0.15, -0.1) is 0 Å². The fourth-order valence-electron chi connectivity index (χ4n) is 1.17. The van der Waals surface area contributed by atoms with Gasteiger partial charge in [-0.1, -0.05) is 6.58 Å². The Morgan fingerprint density at radius 1 is 1.55 bits per heavy atom. The van der Waals surface area contributed by atoms with Crippen LogP contribution < -0.4 is 5.43 Å². The predicted octanol–water partition coefficient (Wildman–Crippen LogP) is 1.04. The molecule has 0 heterocycles. The van der Waals surface area contributed by atoms with Gasteiger partial charge in [0, 0.05) is 6.08 Å². The fourth-order valence-corrected chi connectivity index (χ4v) is 1.17. The van der Waals surface area contributed by atoms with Crippen molar-refractivity contribution in [3.05, 3.63) is 47.7 Å². The first-order valence-corrected chi connectivity index (χ1v) is 5.73. The minimum atomic E-state index is -0.605. The third-order valence-corrected chi connectivity index (χ3v) is 2.09. The first-order valence-electron chi connectivity index (χ1n) is 5.73. The van der Waals surface area contributed by atoms with E-state index in [1.807, 2.05) is 0 Å². The number of ether oxygens (including phenoxy) is 2. The van der Waals surface area contributed by atoms with Gasteiger partial charge in [0.15, 0.2) is 11.3 Å². The Balaban J connectivity index is 2.77. The van der Waals surface area contributed by atoms with Gasteiger partial charge in [0.2, 0.25) is 0 Å². The first-order chi connectivity index (χ1) is 9.54. The standard InChI is InChI=1S/C14H14N2O4/c1-10(2)9-20-14(18)11-6-4-5-7-12(11)16-15-8-13(17)19-3/h5-8H,1,9H2,2-3H3/p+1. The minimum absolute atomic E-state index is 0.137. The highest BCUT2D eigenvalue weighted by Gasteiger charge is 2.23. The zero-order valence-electron chi connectivity index (χ0n) is 11.3. The highest BCUT2D eigenvalue weighted by Crippen LogP contribution is 2.12. The largest absolute Gasteiger partial charge is 0.465 e. The smallest absolute Gasteiger partial charge is 0.399 e. The Bertz CT molecular complexity index is 527. The molecule has 0 radical (unpaired) electrons. The van der Waals surface area contributed by atoms with Crippen LogP contribution in [0.1, 0.15) is 6.92 Å². The molecule has 6 nitrogen and oxygen atoms in total. The van der Waals surface area contributed by atoms with E-state index < -0.39 is 11.9 Å². The van der Waals surface area contributed by atoms with Crippen molar-refractivity contribution in [2.75, 3.05) is 13.7 Å². The van der Waals surface area contributed by atoms with Crippen molar-refractivity contribution >= 4 is 18.2 Å². The van der Waals surface area contributed by atoms with Gasteiger partial charge in [-0.05, 0) is 12.5 Å². The second kappa shape index (κ2) is 7.66. The summed E-state index contributed by atoms with van der Waals surface area (Å²) in [5, 5.41) is 3.66. The lowest BCUT2D eigenvalue weighted by molar-refractivity contribution is -0.137. The van der Waals surface area contributed by atoms with Crippen LogP contribution in [-0.2, 0) is 19.1 Å². The molecule has 1 aliphatic carbocycles. The number of carbonyl (C=O) groups excluding carboxylic acids is 2. The van der Waals surface area contributed by atoms with Gasteiger partial charge in [-0.3, -0.25) is 5.43 Å². The molecule has 0 saturated carbocycles. The summed E-state index contributed by atoms with van der Waals surface area (Å²) < 4.78 is 9.43. The van der Waals surface area contributed by atoms with Crippen LogP contribution in [-0.4, -0.2) is 31.9 Å². The van der Waals surface area contributed by atoms with Gasteiger partial charge in [-0.25, -0.2) is 9.59 Å². The summed E-state index contributed by atoms with van der Waals surface area (Å²) in [6.45, 7) is 5.54. The lowest BCUT2D eigenvalue weighted by Crippen LogP contribution is -2.17. The zero-order chi connectivity index (χ0) is 15.0. The number of esters is 2. The number of allylic oxidation sites excluding steroid dienone is 3. The summed E-state index contributed by atoms with van der Waals surface area (Å²) in [6, 6.07) is 0. The highest BCUT2D eigenvalue weighted by atomic mass is 16.5. The number of nitrogens with one attached hydrogen (secondary N) is 1. The lowest BCUT2D eigenvalue weighted by Gasteiger charge is -2.04. The van der Waals surface area contributed by atoms with Crippen LogP contribution in [0.5, 0.6) is 0 Å². The van der Waals surface area contributed by atoms with Crippen molar-refractivity contribution in [2.24, 2.45) is 5.10 Å². The Labute approximate surface area is 117 Å². The molecule has 1 rings (SSSR count). The summed E-state index contributed by atoms with van der Waals surface area (Å²) in [7, 11) is 1.24. The van der Waals surface area contributed by atoms with E-state index in [1.165, 1.54) is 13.2 Å². The topological polar surface area (TPSA) is 77.0 Å². The van der Waals surface area contributed by atoms with Crippen LogP contribution in [0.25, 0.3) is 0 Å². The van der Waals surface area contributed by atoms with Gasteiger partial charge in [0.25, 0.3) is 0 Å². The molecule has 0 aromatic rings. The number of rotatable bonds is 6. The Morgan fingerprint density at radius 3 is 2.95 bits per heavy atom. The van der Waals surface area contributed by atoms with Crippen molar-refractivity contribution in [1.82, 2.24) is 5.43 Å². The maximum Gasteiger partial charge on any atom is 0.399 e. The SMILES string of the molecule is C=C(C)COC(=O)C1=C(NN=CC(=O)OC)C=C[C+]=C1. The van der Waals surface area contributed by atoms with Gasteiger partial charge < -0.3 is 9.47 Å². The minimum Gasteiger partial charge on any atom is -0.465 e. The molecule has 6 heteroatoms. The Kier molecular flexibility index (Phi) is 5.87. The maximum absolute atomic E-state index is 11.9. The van der Waals surface area contributed by atoms with E-state index in [0.717, 1.165) is 11.8 Å². The van der Waals surface area contributed by atoms with Crippen molar-refractivity contribution in [3.63, 3.8) is 0 Å². The van der Waals surface area contributed by atoms with E-state index in [9.17, 15) is 9.59 Å². The number of methoxy groups -OCH3 is 1. The maximum atomic E-state index is 11.9. The molecular weight excluding hydrogens is 260 g/mol. The number of hydrogen-bond donors (Lipinski definition) is 1. The van der Waals surface area contributed by atoms with E-state index in [0.29, 0.717) is 5.70 Å². The van der Waals surface area contributed by atoms with Crippen molar-refractivity contribution in [3.8, 4) is 0 Å². The molecular formula is C14H15N2O4+. The zero-order valence-corrected chi connectivity index (χ0v) is 11.3. The van der Waals surface area contributed by atoms with E-state index in [1.54, 1.807) is 19.1 Å². The summed E-state index contributed by atoms with van der Waals surface area (Å²) >= 11 is 0. The van der Waals surface area contributed by atoms with Crippen LogP contribution in [0, 0.1) is 6.08 Å². The molecule has 0 amide bonds. The lowest BCUT2D eigenvalue weighted by atomic mass is 10.1. The average Bonchev–Trinajstić information content (AvgIpc) is 2.45. The van der Waals surface area contributed by atoms with Crippen LogP contribution in [0.15, 0.2) is 46.8 Å². The molecule has 0 aromatic heterocycles. The number of hydrogen-bond acceptors (Lipinski definition) is 6. The second-order valence-electron chi connectivity index (χ2n) is 3.90. The number of carbonyl (C=O) groups is 2. The first kappa shape index (κ1) is 15.3. The molecule has 0 spiro atoms. The molecule has 0 aromatic carbocycles. The van der Waals surface area contributed by atoms with Gasteiger partial charge in [0.1, 0.15) is 25.0 Å². The molecule has 104 valence electrons. The van der Waals surface area contributed by atoms with Gasteiger partial charge in [-0.2, -0.15) is 5.10 Å². The van der Waals surface area contributed by atoms with Crippen LogP contribution >= 0.6 is 0 Å². The molecule has 0 saturated heterocycles. The monoisotopic (exact) mass is 275 g/mol. The van der Waals surface area contributed by atoms with Crippen molar-refractivity contribution in [2.45, 2.75) is 6.92 Å².